The summed E-state index contributed by atoms with van der Waals surface area (Å²) in [6, 6.07) is 0. The third kappa shape index (κ3) is 6.50. The van der Waals surface area contributed by atoms with Crippen LogP contribution in [0.3, 0.4) is 0 Å². The van der Waals surface area contributed by atoms with Gasteiger partial charge in [-0.05, 0) is 7.05 Å². The van der Waals surface area contributed by atoms with Gasteiger partial charge in [-0.15, -0.1) is 23.2 Å². The highest BCUT2D eigenvalue weighted by Gasteiger charge is 1.93. The lowest BCUT2D eigenvalue weighted by atomic mass is 10.7. The SMILES string of the molecule is CN([O-])CC(Cl)Cl. The van der Waals surface area contributed by atoms with E-state index in [4.69, 9.17) is 23.2 Å². The molecule has 4 heteroatoms. The number of hydroxylamine groups is 2. The Balaban J connectivity index is 2.95. The number of hydrogen-bond acceptors (Lipinski definition) is 2. The van der Waals surface area contributed by atoms with Crippen molar-refractivity contribution in [2.24, 2.45) is 0 Å². The van der Waals surface area contributed by atoms with Gasteiger partial charge in [-0.2, -0.15) is 0 Å². The lowest BCUT2D eigenvalue weighted by Crippen LogP contribution is -2.15. The quantitative estimate of drug-likeness (QED) is 0.429. The summed E-state index contributed by atoms with van der Waals surface area (Å²) in [4.78, 5) is -0.567. The van der Waals surface area contributed by atoms with Crippen LogP contribution in [0, 0.1) is 5.21 Å². The van der Waals surface area contributed by atoms with E-state index in [1.54, 1.807) is 0 Å². The van der Waals surface area contributed by atoms with Crippen molar-refractivity contribution in [3.8, 4) is 0 Å². The van der Waals surface area contributed by atoms with E-state index in [0.29, 0.717) is 5.06 Å². The van der Waals surface area contributed by atoms with Gasteiger partial charge in [0.05, 0.1) is 0 Å². The highest BCUT2D eigenvalue weighted by molar-refractivity contribution is 6.44. The summed E-state index contributed by atoms with van der Waals surface area (Å²) in [5.41, 5.74) is 0. The first-order chi connectivity index (χ1) is 3.13. The van der Waals surface area contributed by atoms with Crippen LogP contribution in [0.15, 0.2) is 0 Å². The summed E-state index contributed by atoms with van der Waals surface area (Å²) in [7, 11) is 1.37. The van der Waals surface area contributed by atoms with Crippen molar-refractivity contribution in [2.45, 2.75) is 4.84 Å². The molecule has 0 saturated heterocycles. The summed E-state index contributed by atoms with van der Waals surface area (Å²) in [6.07, 6.45) is 0. The molecule has 0 N–H and O–H groups in total. The smallest absolute Gasteiger partial charge is 0.119 e. The standard InChI is InChI=1S/C3H6Cl2NO/c1-6(7)2-3(4)5/h3H,2H2,1H3/q-1. The van der Waals surface area contributed by atoms with Crippen LogP contribution in [0.1, 0.15) is 0 Å². The van der Waals surface area contributed by atoms with Crippen molar-refractivity contribution in [3.05, 3.63) is 5.21 Å². The van der Waals surface area contributed by atoms with E-state index < -0.39 is 4.84 Å². The molecule has 0 saturated carbocycles. The monoisotopic (exact) mass is 142 g/mol. The fourth-order valence-electron chi connectivity index (χ4n) is 0.194. The maximum Gasteiger partial charge on any atom is 0.119 e. The lowest BCUT2D eigenvalue weighted by molar-refractivity contribution is 0.480. The van der Waals surface area contributed by atoms with Gasteiger partial charge in [0.25, 0.3) is 0 Å². The maximum absolute atomic E-state index is 10.0. The molecule has 7 heavy (non-hydrogen) atoms. The second kappa shape index (κ2) is 3.50. The van der Waals surface area contributed by atoms with E-state index in [2.05, 4.69) is 0 Å². The molecule has 0 heterocycles. The van der Waals surface area contributed by atoms with Crippen molar-refractivity contribution in [2.75, 3.05) is 13.6 Å². The van der Waals surface area contributed by atoms with Gasteiger partial charge in [0.2, 0.25) is 0 Å². The molecule has 0 amide bonds. The van der Waals surface area contributed by atoms with Crippen LogP contribution >= 0.6 is 23.2 Å². The first-order valence-corrected chi connectivity index (χ1v) is 2.66. The number of nitrogens with zero attached hydrogens (tertiary/aromatic N) is 1. The van der Waals surface area contributed by atoms with Crippen LogP contribution in [0.4, 0.5) is 0 Å². The Labute approximate surface area is 52.6 Å². The van der Waals surface area contributed by atoms with Crippen LogP contribution in [0.2, 0.25) is 0 Å². The molecule has 44 valence electrons. The average molecular weight is 143 g/mol. The van der Waals surface area contributed by atoms with Gasteiger partial charge >= 0.3 is 0 Å². The second-order valence-electron chi connectivity index (χ2n) is 1.20. The number of rotatable bonds is 2. The highest BCUT2D eigenvalue weighted by atomic mass is 35.5. The zero-order valence-corrected chi connectivity index (χ0v) is 5.41. The van der Waals surface area contributed by atoms with Crippen molar-refractivity contribution in [1.29, 1.82) is 0 Å². The van der Waals surface area contributed by atoms with E-state index in [1.165, 1.54) is 7.05 Å². The Bertz CT molecular complexity index is 42.2. The van der Waals surface area contributed by atoms with Crippen LogP contribution in [-0.2, 0) is 0 Å². The molecular formula is C3H6Cl2NO-. The normalized spacial score (nSPS) is 11.1. The van der Waals surface area contributed by atoms with E-state index in [0.717, 1.165) is 0 Å². The molecule has 0 fully saturated rings. The van der Waals surface area contributed by atoms with Gasteiger partial charge < -0.3 is 10.3 Å². The maximum atomic E-state index is 10.0. The summed E-state index contributed by atoms with van der Waals surface area (Å²) < 4.78 is 0. The Kier molecular flexibility index (Phi) is 3.75. The summed E-state index contributed by atoms with van der Waals surface area (Å²) >= 11 is 10.4. The first kappa shape index (κ1) is 7.50. The molecule has 0 radical (unpaired) electrons. The fourth-order valence-corrected chi connectivity index (χ4v) is 0.583. The predicted octanol–water partition coefficient (Wildman–Crippen LogP) is 1.22. The molecule has 2 nitrogen and oxygen atoms in total. The van der Waals surface area contributed by atoms with Crippen molar-refractivity contribution >= 4 is 23.2 Å². The molecular weight excluding hydrogens is 137 g/mol. The second-order valence-corrected chi connectivity index (χ2v) is 2.48. The number of alkyl halides is 2. The van der Waals surface area contributed by atoms with Crippen molar-refractivity contribution in [1.82, 2.24) is 5.06 Å². The van der Waals surface area contributed by atoms with Crippen molar-refractivity contribution in [3.63, 3.8) is 0 Å². The van der Waals surface area contributed by atoms with Gasteiger partial charge in [0.15, 0.2) is 0 Å². The van der Waals surface area contributed by atoms with Crippen LogP contribution in [0.25, 0.3) is 0 Å². The Hall–Kier alpha value is 0.500. The minimum Gasteiger partial charge on any atom is -0.785 e. The van der Waals surface area contributed by atoms with E-state index in [1.807, 2.05) is 0 Å². The molecule has 0 bridgehead atoms. The van der Waals surface area contributed by atoms with Gasteiger partial charge in [0.1, 0.15) is 4.84 Å². The minimum atomic E-state index is -0.567. The van der Waals surface area contributed by atoms with Gasteiger partial charge in [-0.25, -0.2) is 0 Å². The van der Waals surface area contributed by atoms with E-state index in [-0.39, 0.29) is 6.54 Å². The summed E-state index contributed by atoms with van der Waals surface area (Å²) in [6.45, 7) is 0.170. The number of halogens is 2. The average Bonchev–Trinajstić information content (AvgIpc) is 1.27. The third-order valence-electron chi connectivity index (χ3n) is 0.395. The Morgan fingerprint density at radius 1 is 1.71 bits per heavy atom. The zero-order chi connectivity index (χ0) is 5.86. The lowest BCUT2D eigenvalue weighted by Gasteiger charge is -2.21. The van der Waals surface area contributed by atoms with Crippen LogP contribution < -0.4 is 0 Å². The summed E-state index contributed by atoms with van der Waals surface area (Å²) in [5.74, 6) is 0. The predicted molar refractivity (Wildman–Crippen MR) is 31.5 cm³/mol. The van der Waals surface area contributed by atoms with Crippen LogP contribution in [0.5, 0.6) is 0 Å². The van der Waals surface area contributed by atoms with Crippen molar-refractivity contribution < 1.29 is 0 Å². The topological polar surface area (TPSA) is 26.3 Å². The first-order valence-electron chi connectivity index (χ1n) is 1.79. The number of hydrogen-bond donors (Lipinski definition) is 0. The van der Waals surface area contributed by atoms with E-state index >= 15 is 0 Å². The fraction of sp³-hybridized carbons (Fsp3) is 1.00. The van der Waals surface area contributed by atoms with Gasteiger partial charge in [-0.3, -0.25) is 0 Å². The molecule has 0 atom stereocenters. The summed E-state index contributed by atoms with van der Waals surface area (Å²) in [5, 5.41) is 10.7. The molecule has 0 aromatic rings. The molecule has 0 aliphatic carbocycles. The largest absolute Gasteiger partial charge is 0.785 e. The molecule has 0 aliphatic heterocycles. The molecule has 0 aromatic carbocycles. The van der Waals surface area contributed by atoms with E-state index in [9.17, 15) is 5.21 Å². The molecule has 0 aliphatic rings. The van der Waals surface area contributed by atoms with Crippen LogP contribution in [-0.4, -0.2) is 23.5 Å². The Morgan fingerprint density at radius 2 is 2.14 bits per heavy atom. The Morgan fingerprint density at radius 3 is 2.14 bits per heavy atom. The minimum absolute atomic E-state index is 0.170. The molecule has 0 unspecified atom stereocenters. The van der Waals surface area contributed by atoms with Gasteiger partial charge in [-0.1, -0.05) is 0 Å². The third-order valence-corrected chi connectivity index (χ3v) is 0.671. The molecule has 0 aromatic heterocycles. The molecule has 0 spiro atoms. The molecule has 0 rings (SSSR count). The van der Waals surface area contributed by atoms with Gasteiger partial charge in [0, 0.05) is 6.54 Å². The highest BCUT2D eigenvalue weighted by Crippen LogP contribution is 2.00. The zero-order valence-electron chi connectivity index (χ0n) is 3.90.